The minimum Gasteiger partial charge on any atom is -0.349 e. The molecule has 1 amide bonds. The first-order valence-corrected chi connectivity index (χ1v) is 8.97. The largest absolute Gasteiger partial charge is 0.349 e. The summed E-state index contributed by atoms with van der Waals surface area (Å²) in [6, 6.07) is 17.2. The van der Waals surface area contributed by atoms with E-state index in [9.17, 15) is 9.18 Å². The van der Waals surface area contributed by atoms with Crippen molar-refractivity contribution >= 4 is 5.91 Å². The fourth-order valence-corrected chi connectivity index (χ4v) is 4.46. The molecule has 0 radical (unpaired) electrons. The second-order valence-electron chi connectivity index (χ2n) is 7.32. The zero-order valence-electron chi connectivity index (χ0n) is 14.2. The van der Waals surface area contributed by atoms with Gasteiger partial charge in [0, 0.05) is 32.0 Å². The van der Waals surface area contributed by atoms with E-state index in [2.05, 4.69) is 22.3 Å². The van der Waals surface area contributed by atoms with Crippen LogP contribution < -0.4 is 5.32 Å². The summed E-state index contributed by atoms with van der Waals surface area (Å²) in [7, 11) is 0. The number of rotatable bonds is 3. The van der Waals surface area contributed by atoms with E-state index in [4.69, 9.17) is 0 Å². The average Bonchev–Trinajstić information content (AvgIpc) is 2.93. The number of carbonyl (C=O) groups excluding carboxylic acids is 1. The molecule has 0 bridgehead atoms. The second kappa shape index (κ2) is 6.60. The SMILES string of the molecule is O=C1CCC[C@]2(CN(Cc3ccccc3)C[C@H]2c2cccc(F)c2)N1. The van der Waals surface area contributed by atoms with Crippen molar-refractivity contribution < 1.29 is 9.18 Å². The molecule has 2 heterocycles. The molecular weight excluding hydrogens is 315 g/mol. The number of halogens is 1. The van der Waals surface area contributed by atoms with Gasteiger partial charge in [-0.3, -0.25) is 9.69 Å². The zero-order chi connectivity index (χ0) is 17.3. The van der Waals surface area contributed by atoms with Crippen molar-refractivity contribution in [3.63, 3.8) is 0 Å². The molecule has 2 saturated heterocycles. The summed E-state index contributed by atoms with van der Waals surface area (Å²) < 4.78 is 13.8. The van der Waals surface area contributed by atoms with E-state index in [-0.39, 0.29) is 23.2 Å². The molecule has 2 aromatic rings. The molecular formula is C21H23FN2O. The summed E-state index contributed by atoms with van der Waals surface area (Å²) >= 11 is 0. The lowest BCUT2D eigenvalue weighted by molar-refractivity contribution is -0.125. The van der Waals surface area contributed by atoms with Crippen molar-refractivity contribution in [1.29, 1.82) is 0 Å². The molecule has 2 atom stereocenters. The molecule has 4 heteroatoms. The van der Waals surface area contributed by atoms with Crippen LogP contribution >= 0.6 is 0 Å². The van der Waals surface area contributed by atoms with E-state index < -0.39 is 0 Å². The molecule has 2 fully saturated rings. The molecule has 2 aliphatic heterocycles. The molecule has 2 aromatic carbocycles. The Kier molecular flexibility index (Phi) is 4.30. The lowest BCUT2D eigenvalue weighted by Crippen LogP contribution is -2.56. The summed E-state index contributed by atoms with van der Waals surface area (Å²) in [5, 5.41) is 3.27. The van der Waals surface area contributed by atoms with Gasteiger partial charge in [-0.2, -0.15) is 0 Å². The monoisotopic (exact) mass is 338 g/mol. The number of amides is 1. The molecule has 130 valence electrons. The molecule has 0 unspecified atom stereocenters. The molecule has 3 nitrogen and oxygen atoms in total. The number of hydrogen-bond donors (Lipinski definition) is 1. The van der Waals surface area contributed by atoms with E-state index in [1.54, 1.807) is 12.1 Å². The molecule has 1 N–H and O–H groups in total. The van der Waals surface area contributed by atoms with Crippen LogP contribution in [-0.4, -0.2) is 29.4 Å². The first-order chi connectivity index (χ1) is 12.1. The lowest BCUT2D eigenvalue weighted by atomic mass is 9.76. The Morgan fingerprint density at radius 2 is 2.00 bits per heavy atom. The van der Waals surface area contributed by atoms with Crippen LogP contribution in [0.2, 0.25) is 0 Å². The standard InChI is InChI=1S/C21H23FN2O/c22-18-9-4-8-17(12-18)19-14-24(13-16-6-2-1-3-7-16)15-21(19)11-5-10-20(25)23-21/h1-4,6-9,12,19H,5,10-11,13-15H2,(H,23,25)/t19-,21+/m0/s1. The van der Waals surface area contributed by atoms with Gasteiger partial charge in [0.05, 0.1) is 5.54 Å². The van der Waals surface area contributed by atoms with E-state index in [0.29, 0.717) is 6.42 Å². The zero-order valence-corrected chi connectivity index (χ0v) is 14.2. The molecule has 0 aliphatic carbocycles. The van der Waals surface area contributed by atoms with Crippen molar-refractivity contribution in [1.82, 2.24) is 10.2 Å². The number of hydrogen-bond acceptors (Lipinski definition) is 2. The number of benzene rings is 2. The average molecular weight is 338 g/mol. The van der Waals surface area contributed by atoms with Crippen LogP contribution in [0.1, 0.15) is 36.3 Å². The third-order valence-electron chi connectivity index (χ3n) is 5.53. The van der Waals surface area contributed by atoms with Gasteiger partial charge >= 0.3 is 0 Å². The summed E-state index contributed by atoms with van der Waals surface area (Å²) in [6.07, 6.45) is 2.44. The summed E-state index contributed by atoms with van der Waals surface area (Å²) in [6.45, 7) is 2.50. The highest BCUT2D eigenvalue weighted by atomic mass is 19.1. The Bertz CT molecular complexity index is 764. The quantitative estimate of drug-likeness (QED) is 0.929. The molecule has 1 spiro atoms. The second-order valence-corrected chi connectivity index (χ2v) is 7.32. The predicted octanol–water partition coefficient (Wildman–Crippen LogP) is 3.46. The van der Waals surface area contributed by atoms with Crippen molar-refractivity contribution in [2.75, 3.05) is 13.1 Å². The van der Waals surface area contributed by atoms with Gasteiger partial charge in [0.1, 0.15) is 5.82 Å². The molecule has 25 heavy (non-hydrogen) atoms. The van der Waals surface area contributed by atoms with Gasteiger partial charge in [0.2, 0.25) is 5.91 Å². The minimum atomic E-state index is -0.280. The fourth-order valence-electron chi connectivity index (χ4n) is 4.46. The van der Waals surface area contributed by atoms with Gasteiger partial charge in [0.15, 0.2) is 0 Å². The van der Waals surface area contributed by atoms with Crippen LogP contribution in [-0.2, 0) is 11.3 Å². The van der Waals surface area contributed by atoms with Crippen LogP contribution in [0.25, 0.3) is 0 Å². The van der Waals surface area contributed by atoms with Crippen LogP contribution in [0.5, 0.6) is 0 Å². The third kappa shape index (κ3) is 3.31. The Morgan fingerprint density at radius 1 is 1.16 bits per heavy atom. The molecule has 0 aromatic heterocycles. The highest BCUT2D eigenvalue weighted by Gasteiger charge is 2.49. The molecule has 2 aliphatic rings. The van der Waals surface area contributed by atoms with E-state index >= 15 is 0 Å². The highest BCUT2D eigenvalue weighted by molar-refractivity contribution is 5.78. The van der Waals surface area contributed by atoms with Gasteiger partial charge < -0.3 is 5.32 Å². The Balaban J connectivity index is 1.63. The minimum absolute atomic E-state index is 0.120. The summed E-state index contributed by atoms with van der Waals surface area (Å²) in [5.41, 5.74) is 1.97. The van der Waals surface area contributed by atoms with Crippen LogP contribution in [0, 0.1) is 5.82 Å². The Morgan fingerprint density at radius 3 is 2.76 bits per heavy atom. The maximum absolute atomic E-state index is 13.8. The van der Waals surface area contributed by atoms with Crippen molar-refractivity contribution in [2.24, 2.45) is 0 Å². The maximum Gasteiger partial charge on any atom is 0.220 e. The van der Waals surface area contributed by atoms with E-state index in [1.165, 1.54) is 11.6 Å². The first-order valence-electron chi connectivity index (χ1n) is 8.97. The topological polar surface area (TPSA) is 32.3 Å². The van der Waals surface area contributed by atoms with Gasteiger partial charge in [-0.15, -0.1) is 0 Å². The van der Waals surface area contributed by atoms with Gasteiger partial charge in [-0.25, -0.2) is 4.39 Å². The van der Waals surface area contributed by atoms with E-state index in [0.717, 1.165) is 38.0 Å². The summed E-state index contributed by atoms with van der Waals surface area (Å²) in [4.78, 5) is 14.5. The van der Waals surface area contributed by atoms with Crippen LogP contribution in [0.4, 0.5) is 4.39 Å². The van der Waals surface area contributed by atoms with Gasteiger partial charge in [-0.05, 0) is 36.1 Å². The van der Waals surface area contributed by atoms with Gasteiger partial charge in [-0.1, -0.05) is 42.5 Å². The van der Waals surface area contributed by atoms with Crippen LogP contribution in [0.3, 0.4) is 0 Å². The van der Waals surface area contributed by atoms with Crippen LogP contribution in [0.15, 0.2) is 54.6 Å². The van der Waals surface area contributed by atoms with Crippen molar-refractivity contribution in [2.45, 2.75) is 37.3 Å². The normalized spacial score (nSPS) is 26.8. The lowest BCUT2D eigenvalue weighted by Gasteiger charge is -2.39. The fraction of sp³-hybridized carbons (Fsp3) is 0.381. The smallest absolute Gasteiger partial charge is 0.220 e. The number of likely N-dealkylation sites (tertiary alicyclic amines) is 1. The van der Waals surface area contributed by atoms with E-state index in [1.807, 2.05) is 24.3 Å². The number of piperidine rings is 1. The van der Waals surface area contributed by atoms with Gasteiger partial charge in [0.25, 0.3) is 0 Å². The Hall–Kier alpha value is -2.20. The number of nitrogens with zero attached hydrogens (tertiary/aromatic N) is 1. The predicted molar refractivity (Wildman–Crippen MR) is 95.6 cm³/mol. The van der Waals surface area contributed by atoms with Crippen molar-refractivity contribution in [3.8, 4) is 0 Å². The number of nitrogens with one attached hydrogen (secondary N) is 1. The summed E-state index contributed by atoms with van der Waals surface area (Å²) in [5.74, 6) is 0.0293. The number of carbonyl (C=O) groups is 1. The maximum atomic E-state index is 13.8. The molecule has 0 saturated carbocycles. The molecule has 4 rings (SSSR count). The highest BCUT2D eigenvalue weighted by Crippen LogP contribution is 2.41. The third-order valence-corrected chi connectivity index (χ3v) is 5.53. The first kappa shape index (κ1) is 16.3. The Labute approximate surface area is 147 Å². The van der Waals surface area contributed by atoms with Crippen molar-refractivity contribution in [3.05, 3.63) is 71.5 Å².